The molecule has 2 saturated carbocycles. The molecule has 0 bridgehead atoms. The zero-order valence-corrected chi connectivity index (χ0v) is 46.3. The van der Waals surface area contributed by atoms with E-state index >= 15 is 0 Å². The molecule has 2 heterocycles. The maximum absolute atomic E-state index is 14.1. The predicted molar refractivity (Wildman–Crippen MR) is 301 cm³/mol. The van der Waals surface area contributed by atoms with Gasteiger partial charge in [-0.15, -0.1) is 11.3 Å². The van der Waals surface area contributed by atoms with Crippen molar-refractivity contribution in [2.24, 2.45) is 11.8 Å². The van der Waals surface area contributed by atoms with Crippen LogP contribution in [-0.4, -0.2) is 79.4 Å². The van der Waals surface area contributed by atoms with E-state index in [4.69, 9.17) is 47.3 Å². The standard InChI is InChI=1S/C63H69NO15S/c1-5-55(65)73-35-13-9-7-11-33-71-45-21-15-42(16-22-45)60(67)75-47-23-19-44(20-24-47)62(69)79-52-32-31-50(57-58(52)80-59(64-57)54-39-51-41(4)37-40(3)38-53(51)78-54)63(70)77-48-25-17-43(18-26-48)61(68)76-49-29-27-46(28-30-49)72-34-12-8-10-14-36-74-56(66)6-2/h5-6,15-16,21-22,27-32,37-39,43-44,47-48H,1-2,7-14,17-20,23-26,33-36H2,3-4H3/t43-,44-,47-,48-. The molecule has 0 saturated heterocycles. The number of unbranched alkanes of at least 4 members (excludes halogenated alkanes) is 6. The van der Waals surface area contributed by atoms with Crippen LogP contribution < -0.4 is 18.9 Å². The number of ether oxygens (including phenoxy) is 8. The molecule has 0 N–H and O–H groups in total. The summed E-state index contributed by atoms with van der Waals surface area (Å²) in [6, 6.07) is 22.9. The summed E-state index contributed by atoms with van der Waals surface area (Å²) in [5.74, 6) is -0.940. The van der Waals surface area contributed by atoms with E-state index in [0.717, 1.165) is 80.0 Å². The van der Waals surface area contributed by atoms with Gasteiger partial charge >= 0.3 is 35.8 Å². The fourth-order valence-corrected chi connectivity index (χ4v) is 10.8. The van der Waals surface area contributed by atoms with Crippen LogP contribution >= 0.6 is 11.3 Å². The zero-order chi connectivity index (χ0) is 56.4. The summed E-state index contributed by atoms with van der Waals surface area (Å²) < 4.78 is 52.3. The molecule has 0 atom stereocenters. The minimum absolute atomic E-state index is 0.210. The highest BCUT2D eigenvalue weighted by atomic mass is 32.1. The first-order valence-electron chi connectivity index (χ1n) is 27.7. The number of esters is 6. The molecule has 16 nitrogen and oxygen atoms in total. The highest BCUT2D eigenvalue weighted by Gasteiger charge is 2.33. The lowest BCUT2D eigenvalue weighted by Crippen LogP contribution is -2.30. The Morgan fingerprint density at radius 3 is 1.66 bits per heavy atom. The molecule has 0 unspecified atom stereocenters. The van der Waals surface area contributed by atoms with Gasteiger partial charge in [0.25, 0.3) is 0 Å². The Labute approximate surface area is 469 Å². The molecule has 17 heteroatoms. The first kappa shape index (κ1) is 58.4. The number of fused-ring (bicyclic) bond motifs is 2. The number of hydrogen-bond acceptors (Lipinski definition) is 17. The van der Waals surface area contributed by atoms with Gasteiger partial charge in [0.15, 0.2) is 10.8 Å². The van der Waals surface area contributed by atoms with Gasteiger partial charge in [0, 0.05) is 17.5 Å². The van der Waals surface area contributed by atoms with Gasteiger partial charge < -0.3 is 42.3 Å². The van der Waals surface area contributed by atoms with Gasteiger partial charge in [-0.1, -0.05) is 19.2 Å². The summed E-state index contributed by atoms with van der Waals surface area (Å²) in [6.07, 6.45) is 12.2. The molecule has 2 fully saturated rings. The highest BCUT2D eigenvalue weighted by Crippen LogP contribution is 2.42. The molecule has 0 radical (unpaired) electrons. The van der Waals surface area contributed by atoms with E-state index < -0.39 is 41.9 Å². The number of carbonyl (C=O) groups excluding carboxylic acids is 6. The van der Waals surface area contributed by atoms with Gasteiger partial charge in [0.2, 0.25) is 0 Å². The van der Waals surface area contributed by atoms with Crippen molar-refractivity contribution < 1.29 is 71.1 Å². The van der Waals surface area contributed by atoms with Gasteiger partial charge in [-0.05, 0) is 201 Å². The fraction of sp³-hybridized carbons (Fsp3) is 0.413. The average molecular weight is 1110 g/mol. The quantitative estimate of drug-likeness (QED) is 0.0155. The second kappa shape index (κ2) is 28.9. The third-order valence-electron chi connectivity index (χ3n) is 14.3. The Balaban J connectivity index is 0.821. The van der Waals surface area contributed by atoms with Gasteiger partial charge in [0.1, 0.15) is 46.3 Å². The lowest BCUT2D eigenvalue weighted by Gasteiger charge is -2.27. The Morgan fingerprint density at radius 2 is 1.10 bits per heavy atom. The van der Waals surface area contributed by atoms with Crippen molar-refractivity contribution in [2.45, 2.75) is 129 Å². The van der Waals surface area contributed by atoms with Crippen molar-refractivity contribution in [3.05, 3.63) is 126 Å². The van der Waals surface area contributed by atoms with Crippen molar-refractivity contribution in [2.75, 3.05) is 26.4 Å². The monoisotopic (exact) mass is 1110 g/mol. The number of carbonyl (C=O) groups is 6. The van der Waals surface area contributed by atoms with Crippen LogP contribution in [0.25, 0.3) is 32.0 Å². The zero-order valence-electron chi connectivity index (χ0n) is 45.5. The molecule has 8 rings (SSSR count). The number of rotatable bonds is 27. The minimum atomic E-state index is -0.580. The van der Waals surface area contributed by atoms with E-state index in [0.29, 0.717) is 127 Å². The topological polar surface area (TPSA) is 202 Å². The Kier molecular flexibility index (Phi) is 21.1. The maximum Gasteiger partial charge on any atom is 0.340 e. The van der Waals surface area contributed by atoms with Crippen molar-refractivity contribution in [1.82, 2.24) is 4.98 Å². The smallest absolute Gasteiger partial charge is 0.340 e. The maximum atomic E-state index is 14.1. The number of furan rings is 1. The minimum Gasteiger partial charge on any atom is -0.494 e. The number of aryl methyl sites for hydroxylation is 2. The Morgan fingerprint density at radius 1 is 0.588 bits per heavy atom. The third kappa shape index (κ3) is 16.4. The van der Waals surface area contributed by atoms with Crippen LogP contribution in [0.15, 0.2) is 109 Å². The van der Waals surface area contributed by atoms with Crippen molar-refractivity contribution in [1.29, 1.82) is 0 Å². The molecule has 2 aliphatic carbocycles. The summed E-state index contributed by atoms with van der Waals surface area (Å²) in [4.78, 5) is 81.5. The van der Waals surface area contributed by atoms with E-state index in [2.05, 4.69) is 19.2 Å². The number of nitrogens with zero attached hydrogens (tertiary/aromatic N) is 1. The Bertz CT molecular complexity index is 3120. The fourth-order valence-electron chi connectivity index (χ4n) is 9.84. The predicted octanol–water partition coefficient (Wildman–Crippen LogP) is 13.3. The SMILES string of the molecule is C=CC(=O)OCCCCCCOc1ccc(OC(=O)[C@H]2CC[C@H](OC(=O)c3ccc(OC(=O)[C@H]4CC[C@H](OC(=O)c5ccc(OCCCCCCOC(=O)C=C)cc5)CC4)c4sc(-c5cc6c(C)cc(C)cc6o5)nc34)CC2)cc1. The van der Waals surface area contributed by atoms with Gasteiger partial charge in [0.05, 0.1) is 54.1 Å². The second-order valence-corrected chi connectivity index (χ2v) is 21.3. The van der Waals surface area contributed by atoms with E-state index in [-0.39, 0.29) is 29.3 Å². The molecule has 2 aliphatic rings. The summed E-state index contributed by atoms with van der Waals surface area (Å²) >= 11 is 1.25. The average Bonchev–Trinajstić information content (AvgIpc) is 4.25. The molecule has 6 aromatic rings. The van der Waals surface area contributed by atoms with E-state index in [1.54, 1.807) is 60.7 Å². The van der Waals surface area contributed by atoms with E-state index in [1.165, 1.54) is 11.3 Å². The molecule has 0 spiro atoms. The molecular formula is C63H69NO15S. The molecule has 4 aromatic carbocycles. The van der Waals surface area contributed by atoms with E-state index in [1.807, 2.05) is 26.0 Å². The molecule has 422 valence electrons. The summed E-state index contributed by atoms with van der Waals surface area (Å²) in [5, 5.41) is 1.44. The van der Waals surface area contributed by atoms with Gasteiger partial charge in [-0.3, -0.25) is 9.59 Å². The van der Waals surface area contributed by atoms with Crippen molar-refractivity contribution >= 4 is 68.3 Å². The summed E-state index contributed by atoms with van der Waals surface area (Å²) in [6.45, 7) is 12.6. The van der Waals surface area contributed by atoms with Crippen LogP contribution in [0.3, 0.4) is 0 Å². The first-order chi connectivity index (χ1) is 38.8. The first-order valence-corrected chi connectivity index (χ1v) is 28.5. The van der Waals surface area contributed by atoms with Crippen LogP contribution in [0.1, 0.15) is 135 Å². The normalized spacial score (nSPS) is 17.0. The number of benzene rings is 4. The van der Waals surface area contributed by atoms with Gasteiger partial charge in [-0.25, -0.2) is 24.2 Å². The Hall–Kier alpha value is -7.79. The molecule has 80 heavy (non-hydrogen) atoms. The lowest BCUT2D eigenvalue weighted by atomic mass is 9.87. The molecular weight excluding hydrogens is 1040 g/mol. The van der Waals surface area contributed by atoms with Crippen molar-refractivity contribution in [3.63, 3.8) is 0 Å². The lowest BCUT2D eigenvalue weighted by molar-refractivity contribution is -0.141. The van der Waals surface area contributed by atoms with Crippen LogP contribution in [0.4, 0.5) is 0 Å². The number of thiazole rings is 1. The summed E-state index contributed by atoms with van der Waals surface area (Å²) in [7, 11) is 0. The van der Waals surface area contributed by atoms with Crippen LogP contribution in [0.5, 0.6) is 23.0 Å². The molecule has 2 aromatic heterocycles. The van der Waals surface area contributed by atoms with Crippen molar-refractivity contribution in [3.8, 4) is 33.8 Å². The van der Waals surface area contributed by atoms with E-state index in [9.17, 15) is 28.8 Å². The van der Waals surface area contributed by atoms with Crippen LogP contribution in [-0.2, 0) is 38.1 Å². The number of hydrogen-bond donors (Lipinski definition) is 0. The molecule has 0 amide bonds. The largest absolute Gasteiger partial charge is 0.494 e. The summed E-state index contributed by atoms with van der Waals surface area (Å²) in [5.41, 5.74) is 3.74. The highest BCUT2D eigenvalue weighted by molar-refractivity contribution is 7.22. The van der Waals surface area contributed by atoms with Crippen LogP contribution in [0.2, 0.25) is 0 Å². The second-order valence-electron chi connectivity index (χ2n) is 20.3. The molecule has 0 aliphatic heterocycles. The van der Waals surface area contributed by atoms with Gasteiger partial charge in [-0.2, -0.15) is 0 Å². The third-order valence-corrected chi connectivity index (χ3v) is 15.4. The van der Waals surface area contributed by atoms with Crippen LogP contribution in [0, 0.1) is 25.7 Å². The number of aromatic nitrogens is 1.